The molecule has 9 nitrogen and oxygen atoms in total. The van der Waals surface area contributed by atoms with Gasteiger partial charge in [0.05, 0.1) is 6.04 Å². The van der Waals surface area contributed by atoms with Crippen molar-refractivity contribution < 1.29 is 22.4 Å². The summed E-state index contributed by atoms with van der Waals surface area (Å²) in [5.74, 6) is -0.714. The fourth-order valence-electron chi connectivity index (χ4n) is 2.67. The van der Waals surface area contributed by atoms with Gasteiger partial charge < -0.3 is 15.5 Å². The molecule has 26 heavy (non-hydrogen) atoms. The Hall–Kier alpha value is -1.91. The zero-order valence-corrected chi connectivity index (χ0v) is 16.1. The van der Waals surface area contributed by atoms with Gasteiger partial charge in [-0.25, -0.2) is 8.42 Å². The highest BCUT2D eigenvalue weighted by atomic mass is 32.2. The summed E-state index contributed by atoms with van der Waals surface area (Å²) < 4.78 is 31.5. The van der Waals surface area contributed by atoms with Crippen molar-refractivity contribution in [2.45, 2.75) is 31.9 Å². The molecule has 0 saturated carbocycles. The third-order valence-corrected chi connectivity index (χ3v) is 6.08. The van der Waals surface area contributed by atoms with Gasteiger partial charge in [-0.3, -0.25) is 14.5 Å². The van der Waals surface area contributed by atoms with Crippen LogP contribution in [0.15, 0.2) is 21.6 Å². The monoisotopic (exact) mass is 386 g/mol. The Kier molecular flexibility index (Phi) is 6.43. The van der Waals surface area contributed by atoms with E-state index in [4.69, 9.17) is 10.2 Å². The lowest BCUT2D eigenvalue weighted by atomic mass is 10.2. The van der Waals surface area contributed by atoms with Gasteiger partial charge in [0.15, 0.2) is 5.76 Å². The number of hydrogen-bond donors (Lipinski definition) is 2. The van der Waals surface area contributed by atoms with Crippen molar-refractivity contribution in [3.05, 3.63) is 17.9 Å². The number of amides is 2. The molecule has 0 aromatic carbocycles. The van der Waals surface area contributed by atoms with Gasteiger partial charge >= 0.3 is 0 Å². The molecule has 1 fully saturated rings. The van der Waals surface area contributed by atoms with Crippen molar-refractivity contribution in [1.29, 1.82) is 0 Å². The molecule has 0 radical (unpaired) electrons. The molecule has 10 heteroatoms. The maximum absolute atomic E-state index is 12.6. The quantitative estimate of drug-likeness (QED) is 0.671. The number of hydrogen-bond acceptors (Lipinski definition) is 6. The number of furan rings is 1. The Morgan fingerprint density at radius 1 is 1.19 bits per heavy atom. The minimum Gasteiger partial charge on any atom is -0.438 e. The highest BCUT2D eigenvalue weighted by Crippen LogP contribution is 2.20. The predicted octanol–water partition coefficient (Wildman–Crippen LogP) is -0.154. The third kappa shape index (κ3) is 4.63. The van der Waals surface area contributed by atoms with E-state index in [9.17, 15) is 18.0 Å². The lowest BCUT2D eigenvalue weighted by Crippen LogP contribution is -2.55. The van der Waals surface area contributed by atoms with Gasteiger partial charge in [0.1, 0.15) is 0 Å². The molecule has 1 aliphatic rings. The first-order valence-electron chi connectivity index (χ1n) is 8.54. The van der Waals surface area contributed by atoms with E-state index in [2.05, 4.69) is 5.32 Å². The van der Waals surface area contributed by atoms with E-state index >= 15 is 0 Å². The Morgan fingerprint density at radius 3 is 2.31 bits per heavy atom. The van der Waals surface area contributed by atoms with Crippen LogP contribution in [0.25, 0.3) is 0 Å². The number of nitrogens with zero attached hydrogens (tertiary/aromatic N) is 2. The summed E-state index contributed by atoms with van der Waals surface area (Å²) in [7, 11) is -3.83. The molecule has 0 spiro atoms. The average molecular weight is 386 g/mol. The SMILES string of the molecule is CC(C)CNC(=O)C(C)N1CCN(S(=O)(=O)c2ccc(C(N)=O)o2)CC1. The van der Waals surface area contributed by atoms with E-state index in [0.717, 1.165) is 0 Å². The molecule has 1 saturated heterocycles. The van der Waals surface area contributed by atoms with E-state index in [1.165, 1.54) is 16.4 Å². The van der Waals surface area contributed by atoms with Crippen LogP contribution < -0.4 is 11.1 Å². The van der Waals surface area contributed by atoms with E-state index in [1.807, 2.05) is 25.7 Å². The second-order valence-corrected chi connectivity index (χ2v) is 8.61. The number of carbonyl (C=O) groups excluding carboxylic acids is 2. The molecule has 1 aromatic heterocycles. The summed E-state index contributed by atoms with van der Waals surface area (Å²) in [6.45, 7) is 7.79. The second kappa shape index (κ2) is 8.19. The summed E-state index contributed by atoms with van der Waals surface area (Å²) in [6.07, 6.45) is 0. The lowest BCUT2D eigenvalue weighted by molar-refractivity contribution is -0.126. The molecule has 146 valence electrons. The Bertz CT molecular complexity index is 750. The Balaban J connectivity index is 1.96. The fourth-order valence-corrected chi connectivity index (χ4v) is 4.00. The molecule has 0 aliphatic carbocycles. The van der Waals surface area contributed by atoms with Crippen molar-refractivity contribution in [2.75, 3.05) is 32.7 Å². The van der Waals surface area contributed by atoms with Crippen LogP contribution in [0.1, 0.15) is 31.3 Å². The van der Waals surface area contributed by atoms with Gasteiger partial charge in [0.2, 0.25) is 11.0 Å². The van der Waals surface area contributed by atoms with E-state index in [-0.39, 0.29) is 35.9 Å². The van der Waals surface area contributed by atoms with E-state index < -0.39 is 15.9 Å². The summed E-state index contributed by atoms with van der Waals surface area (Å²) in [6, 6.07) is 2.14. The molecule has 0 bridgehead atoms. The van der Waals surface area contributed by atoms with Gasteiger partial charge in [-0.05, 0) is 25.0 Å². The largest absolute Gasteiger partial charge is 0.438 e. The highest BCUT2D eigenvalue weighted by Gasteiger charge is 2.33. The average Bonchev–Trinajstić information content (AvgIpc) is 3.10. The van der Waals surface area contributed by atoms with Crippen LogP contribution in [-0.4, -0.2) is 68.2 Å². The maximum atomic E-state index is 12.6. The van der Waals surface area contributed by atoms with Crippen molar-refractivity contribution in [2.24, 2.45) is 11.7 Å². The summed E-state index contributed by atoms with van der Waals surface area (Å²) in [5, 5.41) is 2.59. The molecule has 3 N–H and O–H groups in total. The Labute approximate surface area is 153 Å². The molecule has 1 unspecified atom stereocenters. The summed E-state index contributed by atoms with van der Waals surface area (Å²) in [5.41, 5.74) is 5.09. The minimum atomic E-state index is -3.83. The zero-order chi connectivity index (χ0) is 19.5. The smallest absolute Gasteiger partial charge is 0.284 e. The van der Waals surface area contributed by atoms with Crippen LogP contribution in [0, 0.1) is 5.92 Å². The highest BCUT2D eigenvalue weighted by molar-refractivity contribution is 7.89. The number of nitrogens with one attached hydrogen (secondary N) is 1. The minimum absolute atomic E-state index is 0.0628. The molecule has 1 atom stereocenters. The second-order valence-electron chi connectivity index (χ2n) is 6.74. The van der Waals surface area contributed by atoms with Crippen molar-refractivity contribution in [1.82, 2.24) is 14.5 Å². The third-order valence-electron chi connectivity index (χ3n) is 4.30. The predicted molar refractivity (Wildman–Crippen MR) is 94.9 cm³/mol. The van der Waals surface area contributed by atoms with Gasteiger partial charge in [-0.15, -0.1) is 0 Å². The van der Waals surface area contributed by atoms with Crippen LogP contribution in [0.2, 0.25) is 0 Å². The number of piperazine rings is 1. The van der Waals surface area contributed by atoms with Crippen LogP contribution in [0.3, 0.4) is 0 Å². The number of rotatable bonds is 7. The fraction of sp³-hybridized carbons (Fsp3) is 0.625. The van der Waals surface area contributed by atoms with E-state index in [1.54, 1.807) is 0 Å². The molecule has 2 rings (SSSR count). The van der Waals surface area contributed by atoms with Crippen LogP contribution in [0.4, 0.5) is 0 Å². The zero-order valence-electron chi connectivity index (χ0n) is 15.3. The standard InChI is InChI=1S/C16H26N4O5S/c1-11(2)10-18-16(22)12(3)19-6-8-20(9-7-19)26(23,24)14-5-4-13(25-14)15(17)21/h4-5,11-12H,6-10H2,1-3H3,(H2,17,21)(H,18,22). The molecular weight excluding hydrogens is 360 g/mol. The maximum Gasteiger partial charge on any atom is 0.284 e. The molecule has 1 aromatic rings. The van der Waals surface area contributed by atoms with Gasteiger partial charge in [0, 0.05) is 32.7 Å². The first-order valence-corrected chi connectivity index (χ1v) is 9.98. The number of sulfonamides is 1. The van der Waals surface area contributed by atoms with Crippen LogP contribution >= 0.6 is 0 Å². The first-order chi connectivity index (χ1) is 12.1. The van der Waals surface area contributed by atoms with Crippen molar-refractivity contribution in [3.8, 4) is 0 Å². The summed E-state index contributed by atoms with van der Waals surface area (Å²) >= 11 is 0. The number of nitrogens with two attached hydrogens (primary N) is 1. The molecule has 2 heterocycles. The van der Waals surface area contributed by atoms with Gasteiger partial charge in [0.25, 0.3) is 15.9 Å². The molecular formula is C16H26N4O5S. The van der Waals surface area contributed by atoms with Crippen molar-refractivity contribution in [3.63, 3.8) is 0 Å². The molecule has 1 aliphatic heterocycles. The Morgan fingerprint density at radius 2 is 1.81 bits per heavy atom. The first kappa shape index (κ1) is 20.4. The number of carbonyl (C=O) groups is 2. The van der Waals surface area contributed by atoms with Crippen LogP contribution in [0.5, 0.6) is 0 Å². The summed E-state index contributed by atoms with van der Waals surface area (Å²) in [4.78, 5) is 25.2. The lowest BCUT2D eigenvalue weighted by Gasteiger charge is -2.36. The van der Waals surface area contributed by atoms with Crippen LogP contribution in [-0.2, 0) is 14.8 Å². The van der Waals surface area contributed by atoms with Gasteiger partial charge in [-0.1, -0.05) is 13.8 Å². The normalized spacial score (nSPS) is 18.0. The van der Waals surface area contributed by atoms with E-state index in [0.29, 0.717) is 25.6 Å². The topological polar surface area (TPSA) is 126 Å². The molecule has 2 amide bonds. The van der Waals surface area contributed by atoms with Crippen molar-refractivity contribution >= 4 is 21.8 Å². The number of primary amides is 1. The van der Waals surface area contributed by atoms with Gasteiger partial charge in [-0.2, -0.15) is 4.31 Å².